The second kappa shape index (κ2) is 73.7. The molecule has 0 spiro atoms. The van der Waals surface area contributed by atoms with Gasteiger partial charge in [0.05, 0.1) is 34.1 Å². The monoisotopic (exact) mass is 1960 g/mol. The molecule has 0 bridgehead atoms. The van der Waals surface area contributed by atoms with E-state index in [0.717, 1.165) is 146 Å². The number of nitrogens with one attached hydrogen (secondary N) is 3. The third-order valence-electron chi connectivity index (χ3n) is 22.3. The molecule has 4 aromatic rings. The number of rotatable bonds is 17. The van der Waals surface area contributed by atoms with Crippen molar-refractivity contribution in [1.29, 1.82) is 0 Å². The minimum absolute atomic E-state index is 0. The van der Waals surface area contributed by atoms with Crippen LogP contribution in [0.15, 0.2) is 12.4 Å². The maximum atomic E-state index is 11.8. The third-order valence-corrected chi connectivity index (χ3v) is 23.9. The van der Waals surface area contributed by atoms with Gasteiger partial charge in [0.25, 0.3) is 0 Å². The van der Waals surface area contributed by atoms with Gasteiger partial charge >= 0.3 is 12.1 Å². The molecule has 1 unspecified atom stereocenters. The second-order valence-corrected chi connectivity index (χ2v) is 44.0. The van der Waals surface area contributed by atoms with Crippen LogP contribution in [-0.4, -0.2) is 298 Å². The molecule has 1 atom stereocenters. The lowest BCUT2D eigenvalue weighted by molar-refractivity contribution is -0.777. The predicted octanol–water partition coefficient (Wildman–Crippen LogP) is 21.3. The van der Waals surface area contributed by atoms with Crippen molar-refractivity contribution in [2.75, 3.05) is 105 Å². The number of thiocarbonyl (C=S) groups is 1. The Hall–Kier alpha value is -6.41. The lowest BCUT2D eigenvalue weighted by atomic mass is 10.0. The third kappa shape index (κ3) is 55.7. The molecule has 31 heteroatoms. The van der Waals surface area contributed by atoms with Crippen molar-refractivity contribution in [3.8, 4) is 0 Å². The van der Waals surface area contributed by atoms with Crippen molar-refractivity contribution in [3.63, 3.8) is 0 Å². The molecule has 136 heavy (non-hydrogen) atoms. The zero-order valence-electron chi connectivity index (χ0n) is 94.3. The van der Waals surface area contributed by atoms with E-state index in [1.54, 1.807) is 16.7 Å². The molecular formula is C105H212N23O6S2+. The molecule has 6 amide bonds. The quantitative estimate of drug-likeness (QED) is 0.0503. The molecule has 4 aromatic heterocycles. The standard InChI is InChI=1S/C11H23N3O.C11H23N3S.2C11H19N3.C11H22N2O2.C11H22N2O.C10H17NO2S.2C8H15N3.2C4H10.2C2H6.CH4/c2*1-9(2)12-11(15)14-7-5-13(6-8-14)10(3)4;2*1-9(2)14-11-8-6-4-3-5-7-10(11)12-13-14;1-9(2)12-5-7-13(8-6-12)11(14)15-10(3)4;1-9(2)11(14)13-7-5-12(6-8-13)10(3)4;1-6(2)11-9(12)5-8(10(11)13)14-7(3)4;2*1-6(2)8-5-11(7(3)4)10-9-8;2*1-4(2)3;2*1-2;/h2*9-10H,5-8H2,1-4H3,(H,12,15);2*9H,3-8H2,1-2H3;9-10H,5-8H2,1-4H3;9-10H,5-8H2,1-4H3;6-8H,5H2,1-4H3;2*5-7H,1-4H3;2*4H,1-3H3;2*1-2H3;1H4/p+1. The van der Waals surface area contributed by atoms with Gasteiger partial charge in [0, 0.05) is 208 Å². The first-order chi connectivity index (χ1) is 63.2. The summed E-state index contributed by atoms with van der Waals surface area (Å²) < 4.78 is 13.2. The second-order valence-electron chi connectivity index (χ2n) is 41.8. The highest BCUT2D eigenvalue weighted by molar-refractivity contribution is 8.01. The molecule has 7 aliphatic rings. The number of hydrogen-bond acceptors (Lipinski definition) is 19. The summed E-state index contributed by atoms with van der Waals surface area (Å²) in [5.74, 6) is 3.02. The van der Waals surface area contributed by atoms with Crippen molar-refractivity contribution in [2.45, 2.75) is 477 Å². The van der Waals surface area contributed by atoms with E-state index in [4.69, 9.17) is 17.0 Å². The highest BCUT2D eigenvalue weighted by Gasteiger charge is 2.41. The Kier molecular flexibility index (Phi) is 72.4. The summed E-state index contributed by atoms with van der Waals surface area (Å²) in [5.41, 5.74) is 7.52. The van der Waals surface area contributed by atoms with Gasteiger partial charge in [-0.05, 0) is 246 Å². The average Bonchev–Trinajstić information content (AvgIpc) is 1.69. The normalized spacial score (nSPS) is 16.6. The minimum Gasteiger partial charge on any atom is -0.447 e. The number of thioether (sulfide) groups is 1. The van der Waals surface area contributed by atoms with Crippen LogP contribution in [0.3, 0.4) is 0 Å². The van der Waals surface area contributed by atoms with E-state index in [-0.39, 0.29) is 60.7 Å². The first-order valence-electron chi connectivity index (χ1n) is 52.8. The van der Waals surface area contributed by atoms with Crippen molar-refractivity contribution in [2.24, 2.45) is 17.8 Å². The molecule has 5 saturated heterocycles. The summed E-state index contributed by atoms with van der Waals surface area (Å²) >= 11 is 6.93. The largest absolute Gasteiger partial charge is 0.447 e. The highest BCUT2D eigenvalue weighted by atomic mass is 32.2. The summed E-state index contributed by atoms with van der Waals surface area (Å²) in [4.78, 5) is 77.3. The molecule has 0 saturated carbocycles. The number of piperazine rings is 4. The van der Waals surface area contributed by atoms with Gasteiger partial charge in [0.15, 0.2) is 10.8 Å². The van der Waals surface area contributed by atoms with E-state index in [9.17, 15) is 24.0 Å². The lowest BCUT2D eigenvalue weighted by Crippen LogP contribution is -2.54. The van der Waals surface area contributed by atoms with Crippen LogP contribution >= 0.6 is 24.0 Å². The predicted molar refractivity (Wildman–Crippen MR) is 578 cm³/mol. The highest BCUT2D eigenvalue weighted by Crippen LogP contribution is 2.30. The van der Waals surface area contributed by atoms with Crippen LogP contribution < -0.4 is 15.3 Å². The molecule has 5 fully saturated rings. The van der Waals surface area contributed by atoms with Crippen LogP contribution in [0.5, 0.6) is 0 Å². The van der Waals surface area contributed by atoms with E-state index in [1.807, 2.05) is 128 Å². The number of H-pyrrole nitrogens is 1. The number of nitrogens with zero attached hydrogens (tertiary/aromatic N) is 20. The SMILES string of the molecule is C.CC.CC.CC(C)C.CC(C)C.CC(C)C(=O)N1CCN(C(C)C)CC1.CC(C)NC(=O)N1CCN(C(C)C)CC1.CC(C)NC(=S)N1CCN(C(C)C)CC1.CC(C)OC(=O)N1CCN(C(C)C)CC1.CC(C)SC1CC(=O)N(C(C)C)C1=O.CC(C)[n+]1[nH]nc2c1CCCCCC2.CC(C)c1cn(C(C)C)nn1.CC(C)c1cn(C(C)C)nn1.CC(C)n1nnc2c1CCCCCC2. The van der Waals surface area contributed by atoms with Crippen LogP contribution in [0, 0.1) is 17.8 Å². The van der Waals surface area contributed by atoms with Crippen LogP contribution in [0.2, 0.25) is 0 Å². The van der Waals surface area contributed by atoms with Crippen LogP contribution in [0.4, 0.5) is 9.59 Å². The molecule has 0 radical (unpaired) electrons. The Morgan fingerprint density at radius 1 is 0.434 bits per heavy atom. The molecule has 11 rings (SSSR count). The van der Waals surface area contributed by atoms with Gasteiger partial charge < -0.3 is 35.0 Å². The summed E-state index contributed by atoms with van der Waals surface area (Å²) in [7, 11) is 0. The van der Waals surface area contributed by atoms with Gasteiger partial charge in [-0.1, -0.05) is 179 Å². The Balaban J connectivity index is -0.00000144. The fourth-order valence-electron chi connectivity index (χ4n) is 14.7. The van der Waals surface area contributed by atoms with Gasteiger partial charge in [0.1, 0.15) is 6.04 Å². The fraction of sp³-hybridized carbons (Fsp3) is 0.867. The number of urea groups is 1. The van der Waals surface area contributed by atoms with E-state index in [1.165, 1.54) is 91.9 Å². The Morgan fingerprint density at radius 2 is 0.801 bits per heavy atom. The van der Waals surface area contributed by atoms with Gasteiger partial charge in [-0.2, -0.15) is 4.68 Å². The van der Waals surface area contributed by atoms with Crippen molar-refractivity contribution in [1.82, 2.24) is 110 Å². The molecular weight excluding hydrogens is 1740 g/mol. The van der Waals surface area contributed by atoms with Crippen molar-refractivity contribution < 1.29 is 33.4 Å². The number of likely N-dealkylation sites (tertiary alicyclic amines) is 1. The number of aromatic nitrogens is 12. The summed E-state index contributed by atoms with van der Waals surface area (Å²) in [6, 6.07) is 4.91. The van der Waals surface area contributed by atoms with Crippen LogP contribution in [0.25, 0.3) is 0 Å². The number of ether oxygens (including phenoxy) is 1. The number of amides is 6. The van der Waals surface area contributed by atoms with E-state index in [0.29, 0.717) is 83.8 Å². The number of aromatic amines is 1. The number of carbonyl (C=O) groups excluding carboxylic acids is 5. The maximum Gasteiger partial charge on any atom is 0.410 e. The van der Waals surface area contributed by atoms with E-state index < -0.39 is 0 Å². The van der Waals surface area contributed by atoms with Crippen LogP contribution in [-0.2, 0) is 44.8 Å². The summed E-state index contributed by atoms with van der Waals surface area (Å²) in [6.07, 6.45) is 19.5. The smallest absolute Gasteiger partial charge is 0.410 e. The van der Waals surface area contributed by atoms with E-state index in [2.05, 4.69) is 280 Å². The topological polar surface area (TPSA) is 272 Å². The minimum atomic E-state index is -0.173. The number of imide groups is 1. The molecule has 9 heterocycles. The molecule has 794 valence electrons. The summed E-state index contributed by atoms with van der Waals surface area (Å²) in [5, 5.41) is 39.6. The number of hydrogen-bond donors (Lipinski definition) is 3. The molecule has 3 N–H and O–H groups in total. The molecule has 29 nitrogen and oxygen atoms in total. The maximum absolute atomic E-state index is 11.8. The number of fused-ring (bicyclic) bond motifs is 2. The van der Waals surface area contributed by atoms with Crippen molar-refractivity contribution in [3.05, 3.63) is 46.6 Å². The van der Waals surface area contributed by atoms with Gasteiger partial charge in [-0.15, -0.1) is 27.1 Å². The Morgan fingerprint density at radius 3 is 1.12 bits per heavy atom. The molecule has 5 aliphatic heterocycles. The average molecular weight is 1960 g/mol. The first kappa shape index (κ1) is 134. The fourth-order valence-corrected chi connectivity index (χ4v) is 16.2. The van der Waals surface area contributed by atoms with Crippen molar-refractivity contribution >= 4 is 58.9 Å². The first-order valence-corrected chi connectivity index (χ1v) is 54.1. The Bertz CT molecular complexity index is 3420. The molecule has 0 aromatic carbocycles. The molecule has 2 aliphatic carbocycles. The van der Waals surface area contributed by atoms with Gasteiger partial charge in [-0.3, -0.25) is 38.9 Å². The number of aryl methyl sites for hydroxylation is 2. The summed E-state index contributed by atoms with van der Waals surface area (Å²) in [6.45, 7) is 103. The van der Waals surface area contributed by atoms with Gasteiger partial charge in [0.2, 0.25) is 23.4 Å². The van der Waals surface area contributed by atoms with Crippen LogP contribution in [0.1, 0.15) is 426 Å². The Labute approximate surface area is 843 Å². The zero-order chi connectivity index (χ0) is 104. The lowest BCUT2D eigenvalue weighted by Gasteiger charge is -2.38. The zero-order valence-corrected chi connectivity index (χ0v) is 96.0. The number of carbonyl (C=O) groups is 5. The van der Waals surface area contributed by atoms with E-state index >= 15 is 0 Å². The van der Waals surface area contributed by atoms with Gasteiger partial charge in [-0.25, -0.2) is 23.6 Å².